The topological polar surface area (TPSA) is 54.4 Å². The first-order valence-electron chi connectivity index (χ1n) is 5.69. The highest BCUT2D eigenvalue weighted by Crippen LogP contribution is 2.34. The van der Waals surface area contributed by atoms with Crippen molar-refractivity contribution in [2.45, 2.75) is 24.8 Å². The Morgan fingerprint density at radius 2 is 2.29 bits per heavy atom. The largest absolute Gasteiger partial charge is 0.354 e. The first-order chi connectivity index (χ1) is 8.20. The van der Waals surface area contributed by atoms with Gasteiger partial charge in [0.15, 0.2) is 0 Å². The molecule has 1 fully saturated rings. The van der Waals surface area contributed by atoms with Gasteiger partial charge in [0.05, 0.1) is 11.4 Å². The Hall–Kier alpha value is -1.23. The van der Waals surface area contributed by atoms with Gasteiger partial charge in [-0.05, 0) is 31.4 Å². The summed E-state index contributed by atoms with van der Waals surface area (Å²) < 4.78 is 0.988. The van der Waals surface area contributed by atoms with Crippen LogP contribution in [0.25, 0.3) is 0 Å². The molecule has 0 saturated carbocycles. The molecule has 1 atom stereocenters. The van der Waals surface area contributed by atoms with Gasteiger partial charge in [0.1, 0.15) is 5.54 Å². The second kappa shape index (κ2) is 3.91. The van der Waals surface area contributed by atoms with Crippen LogP contribution in [0.1, 0.15) is 25.0 Å². The highest BCUT2D eigenvalue weighted by Gasteiger charge is 2.45. The lowest BCUT2D eigenvalue weighted by Gasteiger charge is -2.14. The average molecular weight is 294 g/mol. The Morgan fingerprint density at radius 1 is 1.41 bits per heavy atom. The summed E-state index contributed by atoms with van der Waals surface area (Å²) in [7, 11) is 0. The van der Waals surface area contributed by atoms with Gasteiger partial charge >= 0.3 is 0 Å². The molecular weight excluding hydrogens is 282 g/mol. The zero-order chi connectivity index (χ0) is 11.9. The predicted molar refractivity (Wildman–Crippen MR) is 68.1 cm³/mol. The van der Waals surface area contributed by atoms with Crippen molar-refractivity contribution < 1.29 is 4.79 Å². The monoisotopic (exact) mass is 293 g/mol. The molecule has 4 nitrogen and oxygen atoms in total. The van der Waals surface area contributed by atoms with Gasteiger partial charge in [-0.3, -0.25) is 14.8 Å². The number of rotatable bonds is 1. The van der Waals surface area contributed by atoms with E-state index < -0.39 is 5.54 Å². The minimum atomic E-state index is -0.501. The summed E-state index contributed by atoms with van der Waals surface area (Å²) in [6.45, 7) is 0.738. The second-order valence-electron chi connectivity index (χ2n) is 4.46. The zero-order valence-corrected chi connectivity index (χ0v) is 10.8. The standard InChI is InChI=1S/C12H12BrN3O/c13-8-2-5-14-10(7-8)9-1-3-12(16-9)4-6-15-11(12)17/h2,5,7H,1,3-4,6H2,(H,15,17)/t12-/m1/s1. The lowest BCUT2D eigenvalue weighted by atomic mass is 9.95. The molecule has 1 aromatic heterocycles. The van der Waals surface area contributed by atoms with Crippen LogP contribution in [0.4, 0.5) is 0 Å². The maximum Gasteiger partial charge on any atom is 0.248 e. The Bertz CT molecular complexity index is 514. The summed E-state index contributed by atoms with van der Waals surface area (Å²) in [5.74, 6) is 0.0718. The van der Waals surface area contributed by atoms with Crippen LogP contribution in [0.2, 0.25) is 0 Å². The number of nitrogens with one attached hydrogen (secondary N) is 1. The third kappa shape index (κ3) is 1.78. The van der Waals surface area contributed by atoms with Crippen molar-refractivity contribution in [2.75, 3.05) is 6.54 Å². The number of carbonyl (C=O) groups is 1. The number of amides is 1. The van der Waals surface area contributed by atoms with Crippen molar-refractivity contribution in [3.63, 3.8) is 0 Å². The first kappa shape index (κ1) is 10.9. The van der Waals surface area contributed by atoms with Crippen LogP contribution < -0.4 is 5.32 Å². The molecule has 0 aromatic carbocycles. The second-order valence-corrected chi connectivity index (χ2v) is 5.37. The molecule has 1 N–H and O–H groups in total. The van der Waals surface area contributed by atoms with E-state index >= 15 is 0 Å². The van der Waals surface area contributed by atoms with Gasteiger partial charge in [-0.15, -0.1) is 0 Å². The van der Waals surface area contributed by atoms with E-state index in [4.69, 9.17) is 0 Å². The van der Waals surface area contributed by atoms with E-state index in [0.29, 0.717) is 0 Å². The highest BCUT2D eigenvalue weighted by molar-refractivity contribution is 9.10. The van der Waals surface area contributed by atoms with Gasteiger partial charge in [-0.2, -0.15) is 0 Å². The van der Waals surface area contributed by atoms with Gasteiger partial charge in [0.2, 0.25) is 5.91 Å². The van der Waals surface area contributed by atoms with Gasteiger partial charge in [0.25, 0.3) is 0 Å². The van der Waals surface area contributed by atoms with Crippen molar-refractivity contribution in [2.24, 2.45) is 4.99 Å². The van der Waals surface area contributed by atoms with Crippen molar-refractivity contribution in [3.05, 3.63) is 28.5 Å². The number of carbonyl (C=O) groups excluding carboxylic acids is 1. The van der Waals surface area contributed by atoms with Gasteiger partial charge in [0, 0.05) is 17.2 Å². The maximum absolute atomic E-state index is 11.8. The Morgan fingerprint density at radius 3 is 3.00 bits per heavy atom. The summed E-state index contributed by atoms with van der Waals surface area (Å²) in [6.07, 6.45) is 4.20. The van der Waals surface area contributed by atoms with Crippen LogP contribution in [0.15, 0.2) is 27.8 Å². The van der Waals surface area contributed by atoms with E-state index in [0.717, 1.165) is 41.7 Å². The van der Waals surface area contributed by atoms with E-state index in [1.807, 2.05) is 12.1 Å². The molecule has 0 unspecified atom stereocenters. The number of aliphatic imine (C=N–C) groups is 1. The third-order valence-corrected chi connectivity index (χ3v) is 3.88. The van der Waals surface area contributed by atoms with E-state index in [1.165, 1.54) is 0 Å². The Balaban J connectivity index is 1.96. The van der Waals surface area contributed by atoms with E-state index in [1.54, 1.807) is 6.20 Å². The number of halogens is 1. The molecule has 3 rings (SSSR count). The van der Waals surface area contributed by atoms with Gasteiger partial charge in [-0.1, -0.05) is 15.9 Å². The van der Waals surface area contributed by atoms with Crippen LogP contribution in [0, 0.1) is 0 Å². The van der Waals surface area contributed by atoms with E-state index in [-0.39, 0.29) is 5.91 Å². The molecule has 5 heteroatoms. The van der Waals surface area contributed by atoms with Gasteiger partial charge < -0.3 is 5.32 Å². The van der Waals surface area contributed by atoms with Crippen LogP contribution in [0.3, 0.4) is 0 Å². The zero-order valence-electron chi connectivity index (χ0n) is 9.24. The molecule has 17 heavy (non-hydrogen) atoms. The summed E-state index contributed by atoms with van der Waals surface area (Å²) in [6, 6.07) is 3.84. The van der Waals surface area contributed by atoms with Crippen molar-refractivity contribution in [1.82, 2.24) is 10.3 Å². The smallest absolute Gasteiger partial charge is 0.248 e. The number of hydrogen-bond donors (Lipinski definition) is 1. The van der Waals surface area contributed by atoms with Crippen LogP contribution in [-0.2, 0) is 4.79 Å². The molecule has 1 amide bonds. The van der Waals surface area contributed by atoms with Crippen LogP contribution >= 0.6 is 15.9 Å². The maximum atomic E-state index is 11.8. The molecule has 3 heterocycles. The fourth-order valence-electron chi connectivity index (χ4n) is 2.45. The van der Waals surface area contributed by atoms with Crippen molar-refractivity contribution in [1.29, 1.82) is 0 Å². The molecule has 88 valence electrons. The number of nitrogens with zero attached hydrogens (tertiary/aromatic N) is 2. The predicted octanol–water partition coefficient (Wildman–Crippen LogP) is 1.69. The quantitative estimate of drug-likeness (QED) is 0.857. The normalized spacial score (nSPS) is 27.4. The SMILES string of the molecule is O=C1NCC[C@]12CCC(c1cc(Br)ccn1)=N2. The lowest BCUT2D eigenvalue weighted by Crippen LogP contribution is -2.33. The molecule has 0 aliphatic carbocycles. The molecule has 1 aromatic rings. The summed E-state index contributed by atoms with van der Waals surface area (Å²) in [5, 5.41) is 2.86. The third-order valence-electron chi connectivity index (χ3n) is 3.39. The number of pyridine rings is 1. The van der Waals surface area contributed by atoms with Gasteiger partial charge in [-0.25, -0.2) is 0 Å². The number of aromatic nitrogens is 1. The molecular formula is C12H12BrN3O. The molecule has 1 saturated heterocycles. The molecule has 1 spiro atoms. The average Bonchev–Trinajstić information content (AvgIpc) is 2.89. The molecule has 2 aliphatic rings. The Kier molecular flexibility index (Phi) is 2.50. The van der Waals surface area contributed by atoms with E-state index in [9.17, 15) is 4.79 Å². The van der Waals surface area contributed by atoms with E-state index in [2.05, 4.69) is 31.2 Å². The molecule has 0 radical (unpaired) electrons. The molecule has 0 bridgehead atoms. The minimum absolute atomic E-state index is 0.0718. The summed E-state index contributed by atoms with van der Waals surface area (Å²) in [5.41, 5.74) is 1.32. The fourth-order valence-corrected chi connectivity index (χ4v) is 2.78. The summed E-state index contributed by atoms with van der Waals surface area (Å²) in [4.78, 5) is 20.7. The van der Waals surface area contributed by atoms with Crippen molar-refractivity contribution >= 4 is 27.5 Å². The lowest BCUT2D eigenvalue weighted by molar-refractivity contribution is -0.123. The minimum Gasteiger partial charge on any atom is -0.354 e. The first-order valence-corrected chi connectivity index (χ1v) is 6.48. The molecule has 2 aliphatic heterocycles. The summed E-state index contributed by atoms with van der Waals surface area (Å²) >= 11 is 3.42. The number of hydrogen-bond acceptors (Lipinski definition) is 3. The fraction of sp³-hybridized carbons (Fsp3) is 0.417. The van der Waals surface area contributed by atoms with Crippen LogP contribution in [-0.4, -0.2) is 28.7 Å². The Labute approximate surface area is 108 Å². The highest BCUT2D eigenvalue weighted by atomic mass is 79.9. The van der Waals surface area contributed by atoms with Crippen molar-refractivity contribution in [3.8, 4) is 0 Å². The van der Waals surface area contributed by atoms with Crippen LogP contribution in [0.5, 0.6) is 0 Å².